The number of aryl methyl sites for hydroxylation is 1. The summed E-state index contributed by atoms with van der Waals surface area (Å²) in [4.78, 5) is 15.5. The average Bonchev–Trinajstić information content (AvgIpc) is 2.67. The van der Waals surface area contributed by atoms with Crippen molar-refractivity contribution in [3.63, 3.8) is 0 Å². The zero-order valence-electron chi connectivity index (χ0n) is 18.1. The predicted molar refractivity (Wildman–Crippen MR) is 121 cm³/mol. The van der Waals surface area contributed by atoms with Crippen LogP contribution in [-0.2, 0) is 11.3 Å². The first-order chi connectivity index (χ1) is 14.3. The van der Waals surface area contributed by atoms with Crippen LogP contribution in [0.15, 0.2) is 42.5 Å². The molecule has 2 aliphatic heterocycles. The zero-order chi connectivity index (χ0) is 21.3. The van der Waals surface area contributed by atoms with Gasteiger partial charge in [0.2, 0.25) is 5.91 Å². The number of amides is 1. The van der Waals surface area contributed by atoms with Crippen LogP contribution in [0.2, 0.25) is 5.02 Å². The van der Waals surface area contributed by atoms with E-state index in [-0.39, 0.29) is 23.5 Å². The van der Waals surface area contributed by atoms with Gasteiger partial charge in [-0.3, -0.25) is 9.69 Å². The summed E-state index contributed by atoms with van der Waals surface area (Å²) in [6, 6.07) is 14.3. The van der Waals surface area contributed by atoms with Crippen LogP contribution in [-0.4, -0.2) is 29.5 Å². The van der Waals surface area contributed by atoms with E-state index in [1.54, 1.807) is 0 Å². The highest BCUT2D eigenvalue weighted by Crippen LogP contribution is 2.40. The van der Waals surface area contributed by atoms with Gasteiger partial charge in [-0.25, -0.2) is 0 Å². The molecule has 1 N–H and O–H groups in total. The molecule has 0 spiro atoms. The molecular weight excluding hydrogens is 396 g/mol. The molecule has 5 heteroatoms. The van der Waals surface area contributed by atoms with Crippen molar-refractivity contribution in [3.05, 3.63) is 64.2 Å². The summed E-state index contributed by atoms with van der Waals surface area (Å²) in [5.74, 6) is 1.14. The number of hydrogen-bond acceptors (Lipinski definition) is 3. The Balaban J connectivity index is 1.36. The van der Waals surface area contributed by atoms with Crippen LogP contribution in [0, 0.1) is 12.8 Å². The van der Waals surface area contributed by atoms with Crippen molar-refractivity contribution >= 4 is 17.5 Å². The molecule has 2 heterocycles. The Bertz CT molecular complexity index is 919. The Hall–Kier alpha value is -2.04. The normalized spacial score (nSPS) is 21.5. The minimum Gasteiger partial charge on any atom is -0.487 e. The van der Waals surface area contributed by atoms with Crippen molar-refractivity contribution in [2.24, 2.45) is 5.92 Å². The molecule has 1 atom stereocenters. The molecule has 2 aromatic rings. The molecule has 4 rings (SSSR count). The molecule has 0 radical (unpaired) electrons. The molecular formula is C25H31ClN2O2. The number of carbonyl (C=O) groups excluding carboxylic acids is 1. The summed E-state index contributed by atoms with van der Waals surface area (Å²) >= 11 is 6.10. The minimum atomic E-state index is -0.293. The van der Waals surface area contributed by atoms with Crippen molar-refractivity contribution in [2.45, 2.75) is 58.2 Å². The highest BCUT2D eigenvalue weighted by Gasteiger charge is 2.36. The fourth-order valence-electron chi connectivity index (χ4n) is 4.62. The van der Waals surface area contributed by atoms with Gasteiger partial charge >= 0.3 is 0 Å². The van der Waals surface area contributed by atoms with Crippen LogP contribution in [0.4, 0.5) is 0 Å². The van der Waals surface area contributed by atoms with E-state index >= 15 is 0 Å². The summed E-state index contributed by atoms with van der Waals surface area (Å²) in [5, 5.41) is 4.11. The van der Waals surface area contributed by atoms with E-state index in [4.69, 9.17) is 16.3 Å². The molecule has 0 bridgehead atoms. The van der Waals surface area contributed by atoms with Gasteiger partial charge in [-0.2, -0.15) is 0 Å². The number of nitrogens with one attached hydrogen (secondary N) is 1. The third-order valence-corrected chi connectivity index (χ3v) is 6.43. The molecule has 2 aromatic carbocycles. The molecule has 1 amide bonds. The summed E-state index contributed by atoms with van der Waals surface area (Å²) in [7, 11) is 0. The van der Waals surface area contributed by atoms with E-state index in [1.807, 2.05) is 18.2 Å². The number of benzene rings is 2. The highest BCUT2D eigenvalue weighted by atomic mass is 35.5. The summed E-state index contributed by atoms with van der Waals surface area (Å²) in [6.45, 7) is 8.99. The van der Waals surface area contributed by atoms with Crippen molar-refractivity contribution < 1.29 is 9.53 Å². The summed E-state index contributed by atoms with van der Waals surface area (Å²) < 4.78 is 6.17. The van der Waals surface area contributed by atoms with Gasteiger partial charge in [-0.15, -0.1) is 0 Å². The van der Waals surface area contributed by atoms with Gasteiger partial charge in [0.05, 0.1) is 6.04 Å². The van der Waals surface area contributed by atoms with Crippen LogP contribution >= 0.6 is 11.6 Å². The fourth-order valence-corrected chi connectivity index (χ4v) is 4.84. The Morgan fingerprint density at radius 3 is 2.70 bits per heavy atom. The Morgan fingerprint density at radius 1 is 1.20 bits per heavy atom. The maximum Gasteiger partial charge on any atom is 0.223 e. The van der Waals surface area contributed by atoms with E-state index in [0.29, 0.717) is 0 Å². The first-order valence-corrected chi connectivity index (χ1v) is 11.2. The van der Waals surface area contributed by atoms with Crippen molar-refractivity contribution in [3.8, 4) is 5.75 Å². The fraction of sp³-hybridized carbons (Fsp3) is 0.480. The first-order valence-electron chi connectivity index (χ1n) is 10.9. The van der Waals surface area contributed by atoms with Gasteiger partial charge in [0, 0.05) is 29.5 Å². The number of fused-ring (bicyclic) bond motifs is 1. The minimum absolute atomic E-state index is 0.00124. The quantitative estimate of drug-likeness (QED) is 0.723. The van der Waals surface area contributed by atoms with Crippen LogP contribution in [0.25, 0.3) is 0 Å². The molecule has 30 heavy (non-hydrogen) atoms. The third-order valence-electron chi connectivity index (χ3n) is 6.20. The second-order valence-corrected chi connectivity index (χ2v) is 9.79. The molecule has 1 fully saturated rings. The Kier molecular flexibility index (Phi) is 6.08. The summed E-state index contributed by atoms with van der Waals surface area (Å²) in [5.41, 5.74) is 3.19. The number of likely N-dealkylation sites (tertiary alicyclic amines) is 1. The van der Waals surface area contributed by atoms with Gasteiger partial charge in [0.25, 0.3) is 0 Å². The van der Waals surface area contributed by atoms with Gasteiger partial charge < -0.3 is 10.1 Å². The first kappa shape index (κ1) is 21.2. The SMILES string of the molecule is Cc1ccc2c(c1)OC(C)(C)C[C@@H]2NC(=O)C1CCN(Cc2cccc(Cl)c2)CC1. The predicted octanol–water partition coefficient (Wildman–Crippen LogP) is 5.28. The molecule has 0 aliphatic carbocycles. The number of rotatable bonds is 4. The lowest BCUT2D eigenvalue weighted by atomic mass is 9.88. The van der Waals surface area contributed by atoms with Gasteiger partial charge in [-0.1, -0.05) is 35.9 Å². The van der Waals surface area contributed by atoms with Gasteiger partial charge in [0.1, 0.15) is 11.4 Å². The van der Waals surface area contributed by atoms with Crippen LogP contribution in [0.3, 0.4) is 0 Å². The number of carbonyl (C=O) groups is 1. The van der Waals surface area contributed by atoms with Crippen LogP contribution in [0.5, 0.6) is 5.75 Å². The second-order valence-electron chi connectivity index (χ2n) is 9.35. The van der Waals surface area contributed by atoms with Crippen LogP contribution < -0.4 is 10.1 Å². The van der Waals surface area contributed by atoms with Gasteiger partial charge in [-0.05, 0) is 76.0 Å². The lowest BCUT2D eigenvalue weighted by molar-refractivity contribution is -0.127. The number of nitrogens with zero attached hydrogens (tertiary/aromatic N) is 1. The van der Waals surface area contributed by atoms with Crippen molar-refractivity contribution in [1.29, 1.82) is 0 Å². The average molecular weight is 427 g/mol. The number of piperidine rings is 1. The van der Waals surface area contributed by atoms with E-state index in [9.17, 15) is 4.79 Å². The highest BCUT2D eigenvalue weighted by molar-refractivity contribution is 6.30. The smallest absolute Gasteiger partial charge is 0.223 e. The third kappa shape index (κ3) is 4.98. The van der Waals surface area contributed by atoms with E-state index in [1.165, 1.54) is 11.1 Å². The summed E-state index contributed by atoms with van der Waals surface area (Å²) in [6.07, 6.45) is 2.56. The lowest BCUT2D eigenvalue weighted by Crippen LogP contribution is -2.45. The van der Waals surface area contributed by atoms with E-state index < -0.39 is 0 Å². The largest absolute Gasteiger partial charge is 0.487 e. The molecule has 0 unspecified atom stereocenters. The molecule has 1 saturated heterocycles. The standard InChI is InChI=1S/C25H31ClN2O2/c1-17-7-8-21-22(15-25(2,3)30-23(21)13-17)27-24(29)19-9-11-28(12-10-19)16-18-5-4-6-20(26)14-18/h4-8,13-14,19,22H,9-12,15-16H2,1-3H3,(H,27,29)/t22-/m0/s1. The monoisotopic (exact) mass is 426 g/mol. The topological polar surface area (TPSA) is 41.6 Å². The number of hydrogen-bond donors (Lipinski definition) is 1. The maximum atomic E-state index is 13.1. The molecule has 4 nitrogen and oxygen atoms in total. The number of ether oxygens (including phenoxy) is 1. The van der Waals surface area contributed by atoms with Crippen molar-refractivity contribution in [2.75, 3.05) is 13.1 Å². The maximum absolute atomic E-state index is 13.1. The Labute approximate surface area is 184 Å². The van der Waals surface area contributed by atoms with E-state index in [2.05, 4.69) is 55.3 Å². The lowest BCUT2D eigenvalue weighted by Gasteiger charge is -2.39. The van der Waals surface area contributed by atoms with Gasteiger partial charge in [0.15, 0.2) is 0 Å². The zero-order valence-corrected chi connectivity index (χ0v) is 18.8. The number of halogens is 1. The molecule has 0 saturated carbocycles. The second kappa shape index (κ2) is 8.60. The Morgan fingerprint density at radius 2 is 1.97 bits per heavy atom. The molecule has 0 aromatic heterocycles. The molecule has 160 valence electrons. The van der Waals surface area contributed by atoms with E-state index in [0.717, 1.165) is 55.2 Å². The van der Waals surface area contributed by atoms with Crippen LogP contribution in [0.1, 0.15) is 55.8 Å². The molecule has 2 aliphatic rings. The van der Waals surface area contributed by atoms with Crippen molar-refractivity contribution in [1.82, 2.24) is 10.2 Å².